The second-order valence-corrected chi connectivity index (χ2v) is 4.87. The highest BCUT2D eigenvalue weighted by Crippen LogP contribution is 2.20. The Labute approximate surface area is 91.8 Å². The van der Waals surface area contributed by atoms with E-state index in [0.29, 0.717) is 19.3 Å². The second kappa shape index (κ2) is 4.78. The van der Waals surface area contributed by atoms with Crippen molar-refractivity contribution in [2.45, 2.75) is 31.0 Å². The Bertz CT molecular complexity index is 205. The van der Waals surface area contributed by atoms with Crippen molar-refractivity contribution >= 4 is 0 Å². The molecule has 2 atom stereocenters. The number of piperidine rings is 1. The maximum Gasteiger partial charge on any atom is 0.0950 e. The summed E-state index contributed by atoms with van der Waals surface area (Å²) in [5.74, 6) is 0. The first-order valence-electron chi connectivity index (χ1n) is 5.85. The Kier molecular flexibility index (Phi) is 3.61. The van der Waals surface area contributed by atoms with Gasteiger partial charge in [-0.2, -0.15) is 0 Å². The topological polar surface area (TPSA) is 35.9 Å². The third-order valence-electron chi connectivity index (χ3n) is 3.81. The van der Waals surface area contributed by atoms with E-state index in [4.69, 9.17) is 4.74 Å². The van der Waals surface area contributed by atoms with Crippen molar-refractivity contribution in [2.24, 2.45) is 0 Å². The Balaban J connectivity index is 1.87. The number of aliphatic hydroxyl groups is 1. The number of ether oxygens (including phenoxy) is 1. The van der Waals surface area contributed by atoms with Gasteiger partial charge in [-0.15, -0.1) is 0 Å². The van der Waals surface area contributed by atoms with Gasteiger partial charge in [0.25, 0.3) is 0 Å². The van der Waals surface area contributed by atoms with Crippen LogP contribution in [0.3, 0.4) is 0 Å². The molecule has 2 heterocycles. The van der Waals surface area contributed by atoms with Crippen LogP contribution in [0.25, 0.3) is 0 Å². The summed E-state index contributed by atoms with van der Waals surface area (Å²) in [5.41, 5.74) is 0. The SMILES string of the molecule is CN1CCC(N(C)[C@@H]2COC[C@H]2O)CC1. The molecule has 0 amide bonds. The maximum atomic E-state index is 9.76. The number of likely N-dealkylation sites (N-methyl/N-ethyl adjacent to an activating group) is 1. The lowest BCUT2D eigenvalue weighted by Crippen LogP contribution is -2.50. The number of rotatable bonds is 2. The van der Waals surface area contributed by atoms with E-state index in [1.165, 1.54) is 25.9 Å². The molecule has 0 bridgehead atoms. The zero-order chi connectivity index (χ0) is 10.8. The first-order valence-corrected chi connectivity index (χ1v) is 5.85. The van der Waals surface area contributed by atoms with E-state index in [-0.39, 0.29) is 12.1 Å². The van der Waals surface area contributed by atoms with Crippen molar-refractivity contribution in [3.63, 3.8) is 0 Å². The van der Waals surface area contributed by atoms with Gasteiger partial charge in [0.1, 0.15) is 0 Å². The fraction of sp³-hybridized carbons (Fsp3) is 1.00. The Hall–Kier alpha value is -0.160. The summed E-state index contributed by atoms with van der Waals surface area (Å²) in [7, 11) is 4.29. The molecule has 4 heteroatoms. The molecule has 0 spiro atoms. The lowest BCUT2D eigenvalue weighted by Gasteiger charge is -2.38. The second-order valence-electron chi connectivity index (χ2n) is 4.87. The molecule has 0 unspecified atom stereocenters. The molecule has 0 aromatic rings. The molecule has 2 fully saturated rings. The van der Waals surface area contributed by atoms with Crippen molar-refractivity contribution in [1.29, 1.82) is 0 Å². The van der Waals surface area contributed by atoms with E-state index in [2.05, 4.69) is 23.9 Å². The van der Waals surface area contributed by atoms with Gasteiger partial charge in [-0.05, 0) is 40.0 Å². The average Bonchev–Trinajstić information content (AvgIpc) is 2.65. The zero-order valence-corrected chi connectivity index (χ0v) is 9.72. The quantitative estimate of drug-likeness (QED) is 0.689. The minimum Gasteiger partial charge on any atom is -0.389 e. The molecule has 0 aliphatic carbocycles. The predicted molar refractivity (Wildman–Crippen MR) is 58.9 cm³/mol. The Morgan fingerprint density at radius 2 is 1.93 bits per heavy atom. The molecule has 15 heavy (non-hydrogen) atoms. The molecule has 2 aliphatic rings. The standard InChI is InChI=1S/C11H22N2O2/c1-12-5-3-9(4-6-12)13(2)10-7-15-8-11(10)14/h9-11,14H,3-8H2,1-2H3/t10-,11-/m1/s1. The molecule has 2 aliphatic heterocycles. The zero-order valence-electron chi connectivity index (χ0n) is 9.72. The molecule has 88 valence electrons. The Morgan fingerprint density at radius 1 is 1.27 bits per heavy atom. The molecule has 2 rings (SSSR count). The van der Waals surface area contributed by atoms with Crippen LogP contribution < -0.4 is 0 Å². The van der Waals surface area contributed by atoms with Crippen molar-refractivity contribution in [3.05, 3.63) is 0 Å². The minimum absolute atomic E-state index is 0.207. The van der Waals surface area contributed by atoms with Crippen molar-refractivity contribution < 1.29 is 9.84 Å². The Morgan fingerprint density at radius 3 is 2.47 bits per heavy atom. The fourth-order valence-corrected chi connectivity index (χ4v) is 2.59. The smallest absolute Gasteiger partial charge is 0.0950 e. The maximum absolute atomic E-state index is 9.76. The summed E-state index contributed by atoms with van der Waals surface area (Å²) < 4.78 is 5.30. The van der Waals surface area contributed by atoms with E-state index in [9.17, 15) is 5.11 Å². The van der Waals surface area contributed by atoms with Crippen LogP contribution in [0, 0.1) is 0 Å². The average molecular weight is 214 g/mol. The van der Waals surface area contributed by atoms with Gasteiger partial charge < -0.3 is 14.7 Å². The van der Waals surface area contributed by atoms with Gasteiger partial charge in [-0.1, -0.05) is 0 Å². The normalized spacial score (nSPS) is 35.2. The van der Waals surface area contributed by atoms with Gasteiger partial charge in [0.2, 0.25) is 0 Å². The monoisotopic (exact) mass is 214 g/mol. The van der Waals surface area contributed by atoms with E-state index in [1.807, 2.05) is 0 Å². The lowest BCUT2D eigenvalue weighted by atomic mass is 10.0. The van der Waals surface area contributed by atoms with Crippen LogP contribution in [0.4, 0.5) is 0 Å². The lowest BCUT2D eigenvalue weighted by molar-refractivity contribution is 0.0502. The molecule has 0 radical (unpaired) electrons. The number of hydrogen-bond acceptors (Lipinski definition) is 4. The van der Waals surface area contributed by atoms with Gasteiger partial charge in [0, 0.05) is 6.04 Å². The highest BCUT2D eigenvalue weighted by atomic mass is 16.5. The van der Waals surface area contributed by atoms with Crippen LogP contribution in [0.1, 0.15) is 12.8 Å². The van der Waals surface area contributed by atoms with Crippen molar-refractivity contribution in [3.8, 4) is 0 Å². The molecular weight excluding hydrogens is 192 g/mol. The van der Waals surface area contributed by atoms with Crippen molar-refractivity contribution in [2.75, 3.05) is 40.4 Å². The highest BCUT2D eigenvalue weighted by molar-refractivity contribution is 4.87. The van der Waals surface area contributed by atoms with Crippen molar-refractivity contribution in [1.82, 2.24) is 9.80 Å². The minimum atomic E-state index is -0.297. The summed E-state index contributed by atoms with van der Waals surface area (Å²) in [6.07, 6.45) is 2.11. The summed E-state index contributed by atoms with van der Waals surface area (Å²) in [4.78, 5) is 4.69. The first-order chi connectivity index (χ1) is 7.18. The summed E-state index contributed by atoms with van der Waals surface area (Å²) >= 11 is 0. The van der Waals surface area contributed by atoms with Crippen LogP contribution in [0.2, 0.25) is 0 Å². The van der Waals surface area contributed by atoms with E-state index < -0.39 is 0 Å². The predicted octanol–water partition coefficient (Wildman–Crippen LogP) is -0.228. The molecular formula is C11H22N2O2. The summed E-state index contributed by atoms with van der Waals surface area (Å²) in [5, 5.41) is 9.76. The number of likely N-dealkylation sites (tertiary alicyclic amines) is 1. The summed E-state index contributed by atoms with van der Waals surface area (Å²) in [6.45, 7) is 3.52. The molecule has 2 saturated heterocycles. The van der Waals surface area contributed by atoms with E-state index in [1.54, 1.807) is 0 Å². The van der Waals surface area contributed by atoms with Gasteiger partial charge in [-0.25, -0.2) is 0 Å². The summed E-state index contributed by atoms with van der Waals surface area (Å²) in [6, 6.07) is 0.820. The number of aliphatic hydroxyl groups excluding tert-OH is 1. The van der Waals surface area contributed by atoms with E-state index >= 15 is 0 Å². The van der Waals surface area contributed by atoms with Crippen LogP contribution in [0.5, 0.6) is 0 Å². The highest BCUT2D eigenvalue weighted by Gasteiger charge is 2.34. The third kappa shape index (κ3) is 2.50. The van der Waals surface area contributed by atoms with Gasteiger partial charge in [0.05, 0.1) is 25.4 Å². The molecule has 0 aromatic heterocycles. The van der Waals surface area contributed by atoms with E-state index in [0.717, 1.165) is 0 Å². The van der Waals surface area contributed by atoms with Gasteiger partial charge in [0.15, 0.2) is 0 Å². The molecule has 1 N–H and O–H groups in total. The van der Waals surface area contributed by atoms with Gasteiger partial charge in [-0.3, -0.25) is 4.90 Å². The van der Waals surface area contributed by atoms with Crippen LogP contribution in [-0.4, -0.2) is 73.5 Å². The first kappa shape index (κ1) is 11.3. The fourth-order valence-electron chi connectivity index (χ4n) is 2.59. The van der Waals surface area contributed by atoms with Crippen LogP contribution >= 0.6 is 0 Å². The number of hydrogen-bond donors (Lipinski definition) is 1. The third-order valence-corrected chi connectivity index (χ3v) is 3.81. The largest absolute Gasteiger partial charge is 0.389 e. The molecule has 4 nitrogen and oxygen atoms in total. The molecule has 0 aromatic carbocycles. The van der Waals surface area contributed by atoms with Crippen LogP contribution in [0.15, 0.2) is 0 Å². The van der Waals surface area contributed by atoms with Gasteiger partial charge >= 0.3 is 0 Å². The molecule has 0 saturated carbocycles. The number of nitrogens with zero attached hydrogens (tertiary/aromatic N) is 2. The van der Waals surface area contributed by atoms with Crippen LogP contribution in [-0.2, 0) is 4.74 Å².